The molecule has 0 spiro atoms. The Balaban J connectivity index is 1.52. The lowest BCUT2D eigenvalue weighted by molar-refractivity contribution is 0.197. The minimum atomic E-state index is -0.151. The van der Waals surface area contributed by atoms with Crippen molar-refractivity contribution in [2.45, 2.75) is 26.3 Å². The summed E-state index contributed by atoms with van der Waals surface area (Å²) in [4.78, 5) is 30.1. The molecule has 1 aliphatic rings. The molecule has 0 unspecified atom stereocenters. The van der Waals surface area contributed by atoms with Crippen LogP contribution in [0.1, 0.15) is 19.0 Å². The van der Waals surface area contributed by atoms with Gasteiger partial charge in [0.15, 0.2) is 5.65 Å². The maximum Gasteiger partial charge on any atom is 0.322 e. The van der Waals surface area contributed by atoms with Crippen molar-refractivity contribution in [3.63, 3.8) is 0 Å². The van der Waals surface area contributed by atoms with Gasteiger partial charge in [-0.3, -0.25) is 4.68 Å². The Hall–Kier alpha value is -3.63. The monoisotopic (exact) mass is 425 g/mol. The fraction of sp³-hybridized carbons (Fsp3) is 0.450. The highest BCUT2D eigenvalue weighted by Crippen LogP contribution is 2.28. The summed E-state index contributed by atoms with van der Waals surface area (Å²) < 4.78 is 6.82. The van der Waals surface area contributed by atoms with Crippen molar-refractivity contribution in [1.82, 2.24) is 29.6 Å². The molecular formula is C20H27N9O2. The summed E-state index contributed by atoms with van der Waals surface area (Å²) in [7, 11) is 3.39. The van der Waals surface area contributed by atoms with E-state index in [-0.39, 0.29) is 18.0 Å². The molecule has 0 saturated carbocycles. The molecule has 4 heterocycles. The highest BCUT2D eigenvalue weighted by molar-refractivity contribution is 5.91. The third-order valence-electron chi connectivity index (χ3n) is 5.61. The highest BCUT2D eigenvalue weighted by atomic mass is 16.5. The van der Waals surface area contributed by atoms with Gasteiger partial charge in [0.1, 0.15) is 5.82 Å². The first-order valence-electron chi connectivity index (χ1n) is 10.2. The fourth-order valence-corrected chi connectivity index (χ4v) is 3.89. The van der Waals surface area contributed by atoms with E-state index in [1.807, 2.05) is 18.9 Å². The predicted molar refractivity (Wildman–Crippen MR) is 118 cm³/mol. The molecule has 4 rings (SSSR count). The van der Waals surface area contributed by atoms with Crippen LogP contribution in [0.3, 0.4) is 0 Å². The Labute approximate surface area is 180 Å². The number of hydrogen-bond donors (Lipinski definition) is 2. The Bertz CT molecular complexity index is 1110. The van der Waals surface area contributed by atoms with E-state index < -0.39 is 0 Å². The summed E-state index contributed by atoms with van der Waals surface area (Å²) in [5.74, 6) is 1.49. The standard InChI is InChI=1S/C20H27N9O2/c1-5-13-11-28(20(30)24-15-6-7-16(31-4)23-12(15)2)8-9-29(13)18-14-10-22-27(3)17(14)25-19(21)26-18/h6-7,10,13H,5,8-9,11H2,1-4H3,(H,24,30)(H2,21,25,26)/t13-/m0/s1. The Kier molecular flexibility index (Phi) is 5.49. The number of methoxy groups -OCH3 is 1. The topological polar surface area (TPSA) is 127 Å². The molecule has 3 aromatic heterocycles. The Morgan fingerprint density at radius 3 is 2.81 bits per heavy atom. The first-order chi connectivity index (χ1) is 14.9. The Morgan fingerprint density at radius 1 is 1.29 bits per heavy atom. The summed E-state index contributed by atoms with van der Waals surface area (Å²) in [5, 5.41) is 8.11. The number of piperazine rings is 1. The van der Waals surface area contributed by atoms with Gasteiger partial charge >= 0.3 is 6.03 Å². The van der Waals surface area contributed by atoms with Gasteiger partial charge in [0.25, 0.3) is 0 Å². The number of nitrogen functional groups attached to an aromatic ring is 1. The van der Waals surface area contributed by atoms with Crippen molar-refractivity contribution >= 4 is 34.5 Å². The first kappa shape index (κ1) is 20.6. The average Bonchev–Trinajstić information content (AvgIpc) is 3.14. The van der Waals surface area contributed by atoms with E-state index >= 15 is 0 Å². The van der Waals surface area contributed by atoms with Crippen LogP contribution in [0, 0.1) is 6.92 Å². The predicted octanol–water partition coefficient (Wildman–Crippen LogP) is 1.79. The SMILES string of the molecule is CC[C@H]1CN(C(=O)Nc2ccc(OC)nc2C)CCN1c1nc(N)nc2c1cnn2C. The van der Waals surface area contributed by atoms with Gasteiger partial charge in [-0.25, -0.2) is 9.78 Å². The van der Waals surface area contributed by atoms with E-state index in [0.717, 1.165) is 17.6 Å². The smallest absolute Gasteiger partial charge is 0.322 e. The number of anilines is 3. The van der Waals surface area contributed by atoms with Gasteiger partial charge in [0.05, 0.1) is 30.1 Å². The summed E-state index contributed by atoms with van der Waals surface area (Å²) in [6.07, 6.45) is 2.61. The normalized spacial score (nSPS) is 16.6. The van der Waals surface area contributed by atoms with Gasteiger partial charge in [0, 0.05) is 38.8 Å². The number of pyridine rings is 1. The molecule has 1 saturated heterocycles. The number of nitrogens with zero attached hydrogens (tertiary/aromatic N) is 7. The van der Waals surface area contributed by atoms with Gasteiger partial charge in [-0.2, -0.15) is 15.1 Å². The number of rotatable bonds is 4. The van der Waals surface area contributed by atoms with E-state index in [1.54, 1.807) is 30.1 Å². The molecule has 164 valence electrons. The number of aryl methyl sites for hydroxylation is 2. The number of carbonyl (C=O) groups excluding carboxylic acids is 1. The molecule has 1 aliphatic heterocycles. The third-order valence-corrected chi connectivity index (χ3v) is 5.61. The second-order valence-electron chi connectivity index (χ2n) is 7.53. The molecule has 0 aromatic carbocycles. The number of ether oxygens (including phenoxy) is 1. The molecular weight excluding hydrogens is 398 g/mol. The van der Waals surface area contributed by atoms with Crippen molar-refractivity contribution in [1.29, 1.82) is 0 Å². The Morgan fingerprint density at radius 2 is 2.10 bits per heavy atom. The largest absolute Gasteiger partial charge is 0.481 e. The van der Waals surface area contributed by atoms with Gasteiger partial charge < -0.3 is 25.6 Å². The lowest BCUT2D eigenvalue weighted by Crippen LogP contribution is -2.56. The van der Waals surface area contributed by atoms with Crippen molar-refractivity contribution in [3.05, 3.63) is 24.0 Å². The zero-order valence-corrected chi connectivity index (χ0v) is 18.2. The minimum Gasteiger partial charge on any atom is -0.481 e. The molecule has 0 aliphatic carbocycles. The van der Waals surface area contributed by atoms with Crippen LogP contribution in [0.15, 0.2) is 18.3 Å². The number of hydrogen-bond acceptors (Lipinski definition) is 8. The molecule has 0 radical (unpaired) electrons. The van der Waals surface area contributed by atoms with Crippen LogP contribution < -0.4 is 20.7 Å². The molecule has 1 fully saturated rings. The van der Waals surface area contributed by atoms with E-state index in [1.165, 1.54) is 0 Å². The summed E-state index contributed by atoms with van der Waals surface area (Å²) in [6, 6.07) is 3.47. The quantitative estimate of drug-likeness (QED) is 0.648. The van der Waals surface area contributed by atoms with Crippen molar-refractivity contribution < 1.29 is 9.53 Å². The molecule has 3 aromatic rings. The number of fused-ring (bicyclic) bond motifs is 1. The minimum absolute atomic E-state index is 0.0901. The molecule has 31 heavy (non-hydrogen) atoms. The average molecular weight is 425 g/mol. The van der Waals surface area contributed by atoms with Crippen molar-refractivity contribution in [2.75, 3.05) is 42.7 Å². The van der Waals surface area contributed by atoms with E-state index in [9.17, 15) is 4.79 Å². The molecule has 0 bridgehead atoms. The van der Waals surface area contributed by atoms with Crippen LogP contribution in [-0.4, -0.2) is 68.4 Å². The van der Waals surface area contributed by atoms with Gasteiger partial charge in [-0.1, -0.05) is 6.92 Å². The van der Waals surface area contributed by atoms with Crippen LogP contribution in [0.25, 0.3) is 11.0 Å². The lowest BCUT2D eigenvalue weighted by Gasteiger charge is -2.42. The van der Waals surface area contributed by atoms with E-state index in [2.05, 4.69) is 37.2 Å². The van der Waals surface area contributed by atoms with Crippen LogP contribution in [0.2, 0.25) is 0 Å². The van der Waals surface area contributed by atoms with Crippen LogP contribution in [0.4, 0.5) is 22.2 Å². The summed E-state index contributed by atoms with van der Waals surface area (Å²) in [5.41, 5.74) is 8.03. The molecule has 11 heteroatoms. The zero-order chi connectivity index (χ0) is 22.1. The molecule has 11 nitrogen and oxygen atoms in total. The number of amides is 2. The van der Waals surface area contributed by atoms with Crippen LogP contribution in [-0.2, 0) is 7.05 Å². The number of carbonyl (C=O) groups is 1. The molecule has 1 atom stereocenters. The summed E-state index contributed by atoms with van der Waals surface area (Å²) >= 11 is 0. The molecule has 3 N–H and O–H groups in total. The third kappa shape index (κ3) is 3.90. The van der Waals surface area contributed by atoms with Crippen molar-refractivity contribution in [3.8, 4) is 5.88 Å². The number of nitrogens with two attached hydrogens (primary N) is 1. The highest BCUT2D eigenvalue weighted by Gasteiger charge is 2.31. The van der Waals surface area contributed by atoms with Gasteiger partial charge in [-0.05, 0) is 19.4 Å². The zero-order valence-electron chi connectivity index (χ0n) is 18.2. The molecule has 2 amide bonds. The number of aromatic nitrogens is 5. The van der Waals surface area contributed by atoms with Crippen LogP contribution in [0.5, 0.6) is 5.88 Å². The van der Waals surface area contributed by atoms with Crippen molar-refractivity contribution in [2.24, 2.45) is 7.05 Å². The van der Waals surface area contributed by atoms with Gasteiger partial charge in [-0.15, -0.1) is 0 Å². The fourth-order valence-electron chi connectivity index (χ4n) is 3.89. The second-order valence-corrected chi connectivity index (χ2v) is 7.53. The number of nitrogens with one attached hydrogen (secondary N) is 1. The maximum atomic E-state index is 12.9. The van der Waals surface area contributed by atoms with E-state index in [4.69, 9.17) is 10.5 Å². The number of urea groups is 1. The second kappa shape index (κ2) is 8.25. The van der Waals surface area contributed by atoms with E-state index in [0.29, 0.717) is 42.5 Å². The van der Waals surface area contributed by atoms with Gasteiger partial charge in [0.2, 0.25) is 11.8 Å². The van der Waals surface area contributed by atoms with Crippen LogP contribution >= 0.6 is 0 Å². The maximum absolute atomic E-state index is 12.9. The first-order valence-corrected chi connectivity index (χ1v) is 10.2. The summed E-state index contributed by atoms with van der Waals surface area (Å²) in [6.45, 7) is 5.69. The lowest BCUT2D eigenvalue weighted by atomic mass is 10.1.